The predicted octanol–water partition coefficient (Wildman–Crippen LogP) is -2.72. The summed E-state index contributed by atoms with van der Waals surface area (Å²) in [4.78, 5) is 17.1. The molecule has 20 heavy (non-hydrogen) atoms. The number of aromatic nitrogens is 4. The van der Waals surface area contributed by atoms with Gasteiger partial charge in [-0.15, -0.1) is 4.73 Å². The third-order valence-corrected chi connectivity index (χ3v) is 3.05. The Kier molecular flexibility index (Phi) is 3.14. The molecule has 10 nitrogen and oxygen atoms in total. The molecule has 1 aliphatic heterocycles. The highest BCUT2D eigenvalue weighted by molar-refractivity contribution is 5.80. The van der Waals surface area contributed by atoms with Crippen molar-refractivity contribution in [2.24, 2.45) is 0 Å². The smallest absolute Gasteiger partial charge is 0.254 e. The second kappa shape index (κ2) is 4.83. The molecule has 0 unspecified atom stereocenters. The van der Waals surface area contributed by atoms with Crippen molar-refractivity contribution in [3.63, 3.8) is 0 Å². The summed E-state index contributed by atoms with van der Waals surface area (Å²) < 4.78 is 6.35. The van der Waals surface area contributed by atoms with Crippen molar-refractivity contribution >= 4 is 17.0 Å². The quantitative estimate of drug-likeness (QED) is 0.471. The number of nitrogens with two attached hydrogens (primary N) is 1. The molecule has 0 bridgehead atoms. The molecule has 3 rings (SSSR count). The van der Waals surface area contributed by atoms with Gasteiger partial charge in [0.2, 0.25) is 5.65 Å². The lowest BCUT2D eigenvalue weighted by atomic mass is 10.1. The fraction of sp³-hybridized carbons (Fsp3) is 0.500. The van der Waals surface area contributed by atoms with Crippen LogP contribution in [0.1, 0.15) is 0 Å². The van der Waals surface area contributed by atoms with Crippen LogP contribution in [0.3, 0.4) is 0 Å². The highest BCUT2D eigenvalue weighted by Crippen LogP contribution is 2.21. The molecular formula is C10H13N5O5. The fourth-order valence-electron chi connectivity index (χ4n) is 1.97. The first-order chi connectivity index (χ1) is 9.61. The lowest BCUT2D eigenvalue weighted by Crippen LogP contribution is -2.38. The SMILES string of the molecule is Nc1ncnc2c1ncn2O[C@H]1O[C@H](CO)[C@@H](O)[C@H]1O. The van der Waals surface area contributed by atoms with Crippen molar-refractivity contribution in [1.29, 1.82) is 0 Å². The van der Waals surface area contributed by atoms with Crippen LogP contribution in [0.15, 0.2) is 12.7 Å². The van der Waals surface area contributed by atoms with E-state index in [0.717, 1.165) is 4.73 Å². The zero-order valence-electron chi connectivity index (χ0n) is 10.2. The Labute approximate surface area is 112 Å². The first-order valence-corrected chi connectivity index (χ1v) is 5.85. The first-order valence-electron chi connectivity index (χ1n) is 5.85. The molecule has 4 atom stereocenters. The molecule has 0 spiro atoms. The molecule has 0 aliphatic carbocycles. The van der Waals surface area contributed by atoms with Gasteiger partial charge in [-0.25, -0.2) is 15.0 Å². The maximum Gasteiger partial charge on any atom is 0.254 e. The van der Waals surface area contributed by atoms with Crippen LogP contribution in [0.2, 0.25) is 0 Å². The molecule has 0 amide bonds. The summed E-state index contributed by atoms with van der Waals surface area (Å²) in [7, 11) is 0. The number of aliphatic hydroxyl groups excluding tert-OH is 3. The van der Waals surface area contributed by atoms with E-state index in [9.17, 15) is 10.2 Å². The Bertz CT molecular complexity index is 619. The van der Waals surface area contributed by atoms with Gasteiger partial charge in [0.05, 0.1) is 6.61 Å². The van der Waals surface area contributed by atoms with Crippen LogP contribution >= 0.6 is 0 Å². The van der Waals surface area contributed by atoms with Crippen LogP contribution in [0.4, 0.5) is 5.82 Å². The summed E-state index contributed by atoms with van der Waals surface area (Å²) in [5, 5.41) is 28.4. The van der Waals surface area contributed by atoms with E-state index in [1.165, 1.54) is 12.7 Å². The number of rotatable bonds is 3. The summed E-state index contributed by atoms with van der Waals surface area (Å²) >= 11 is 0. The highest BCUT2D eigenvalue weighted by Gasteiger charge is 2.44. The van der Waals surface area contributed by atoms with Gasteiger partial charge in [-0.05, 0) is 0 Å². The molecule has 1 saturated heterocycles. The number of ether oxygens (including phenoxy) is 1. The van der Waals surface area contributed by atoms with E-state index in [-0.39, 0.29) is 5.82 Å². The Hall–Kier alpha value is -2.01. The van der Waals surface area contributed by atoms with E-state index in [0.29, 0.717) is 11.2 Å². The Morgan fingerprint density at radius 3 is 2.80 bits per heavy atom. The van der Waals surface area contributed by atoms with Gasteiger partial charge in [-0.2, -0.15) is 0 Å². The minimum Gasteiger partial charge on any atom is -0.394 e. The highest BCUT2D eigenvalue weighted by atomic mass is 16.8. The maximum absolute atomic E-state index is 9.78. The Morgan fingerprint density at radius 1 is 1.30 bits per heavy atom. The van der Waals surface area contributed by atoms with Crippen LogP contribution in [0.25, 0.3) is 11.2 Å². The summed E-state index contributed by atoms with van der Waals surface area (Å²) in [5.41, 5.74) is 6.28. The second-order valence-corrected chi connectivity index (χ2v) is 4.31. The van der Waals surface area contributed by atoms with Crippen molar-refractivity contribution in [2.45, 2.75) is 24.6 Å². The van der Waals surface area contributed by atoms with E-state index in [2.05, 4.69) is 15.0 Å². The summed E-state index contributed by atoms with van der Waals surface area (Å²) in [6.07, 6.45) is -2.07. The molecule has 0 radical (unpaired) electrons. The van der Waals surface area contributed by atoms with E-state index < -0.39 is 31.2 Å². The van der Waals surface area contributed by atoms with Gasteiger partial charge in [0.25, 0.3) is 6.29 Å². The first kappa shape index (κ1) is 13.0. The summed E-state index contributed by atoms with van der Waals surface area (Å²) in [6, 6.07) is 0. The minimum absolute atomic E-state index is 0.193. The van der Waals surface area contributed by atoms with Crippen LogP contribution in [-0.4, -0.2) is 66.2 Å². The normalized spacial score (nSPS) is 29.9. The standard InChI is InChI=1S/C10H13N5O5/c11-8-5-9(13-2-12-8)15(3-14-5)20-10-7(18)6(17)4(1-16)19-10/h2-4,6-7,10,16-18H,1H2,(H2,11,12,13)/t4-,6-,7-,10-/m1/s1. The lowest BCUT2D eigenvalue weighted by molar-refractivity contribution is -0.169. The molecule has 1 fully saturated rings. The number of anilines is 1. The molecular weight excluding hydrogens is 270 g/mol. The number of fused-ring (bicyclic) bond motifs is 1. The Balaban J connectivity index is 1.85. The lowest BCUT2D eigenvalue weighted by Gasteiger charge is -2.16. The largest absolute Gasteiger partial charge is 0.394 e. The number of imidazole rings is 1. The Morgan fingerprint density at radius 2 is 2.10 bits per heavy atom. The van der Waals surface area contributed by atoms with Crippen LogP contribution < -0.4 is 10.6 Å². The van der Waals surface area contributed by atoms with E-state index >= 15 is 0 Å². The molecule has 10 heteroatoms. The van der Waals surface area contributed by atoms with Gasteiger partial charge < -0.3 is 30.6 Å². The van der Waals surface area contributed by atoms with Crippen LogP contribution in [0.5, 0.6) is 0 Å². The summed E-state index contributed by atoms with van der Waals surface area (Å²) in [5.74, 6) is 0.193. The van der Waals surface area contributed by atoms with Crippen molar-refractivity contribution in [1.82, 2.24) is 19.7 Å². The average molecular weight is 283 g/mol. The van der Waals surface area contributed by atoms with Gasteiger partial charge in [0.15, 0.2) is 11.3 Å². The maximum atomic E-state index is 9.78. The monoisotopic (exact) mass is 283 g/mol. The van der Waals surface area contributed by atoms with Gasteiger partial charge in [-0.1, -0.05) is 0 Å². The molecule has 0 aromatic carbocycles. The minimum atomic E-state index is -1.30. The van der Waals surface area contributed by atoms with E-state index in [1.54, 1.807) is 0 Å². The summed E-state index contributed by atoms with van der Waals surface area (Å²) in [6.45, 7) is -0.433. The molecule has 0 saturated carbocycles. The predicted molar refractivity (Wildman–Crippen MR) is 64.1 cm³/mol. The van der Waals surface area contributed by atoms with Crippen molar-refractivity contribution < 1.29 is 24.9 Å². The van der Waals surface area contributed by atoms with Crippen molar-refractivity contribution in [2.75, 3.05) is 12.3 Å². The zero-order valence-corrected chi connectivity index (χ0v) is 10.2. The number of aliphatic hydroxyl groups is 3. The molecule has 5 N–H and O–H groups in total. The molecule has 2 aromatic heterocycles. The van der Waals surface area contributed by atoms with Gasteiger partial charge in [0, 0.05) is 0 Å². The molecule has 1 aliphatic rings. The van der Waals surface area contributed by atoms with Crippen LogP contribution in [-0.2, 0) is 4.74 Å². The van der Waals surface area contributed by atoms with E-state index in [4.69, 9.17) is 20.4 Å². The van der Waals surface area contributed by atoms with Gasteiger partial charge in [0.1, 0.15) is 31.0 Å². The third-order valence-electron chi connectivity index (χ3n) is 3.05. The number of nitrogens with zero attached hydrogens (tertiary/aromatic N) is 4. The number of hydrogen-bond donors (Lipinski definition) is 4. The van der Waals surface area contributed by atoms with Gasteiger partial charge in [-0.3, -0.25) is 0 Å². The molecule has 3 heterocycles. The van der Waals surface area contributed by atoms with Gasteiger partial charge >= 0.3 is 0 Å². The molecule has 2 aromatic rings. The third kappa shape index (κ3) is 1.94. The van der Waals surface area contributed by atoms with E-state index in [1.807, 2.05) is 0 Å². The fourth-order valence-corrected chi connectivity index (χ4v) is 1.97. The van der Waals surface area contributed by atoms with Crippen molar-refractivity contribution in [3.05, 3.63) is 12.7 Å². The average Bonchev–Trinajstić information content (AvgIpc) is 2.97. The zero-order chi connectivity index (χ0) is 14.3. The van der Waals surface area contributed by atoms with Crippen LogP contribution in [0, 0.1) is 0 Å². The number of hydrogen-bond acceptors (Lipinski definition) is 9. The topological polar surface area (TPSA) is 149 Å². The van der Waals surface area contributed by atoms with Crippen molar-refractivity contribution in [3.8, 4) is 0 Å². The number of nitrogen functional groups attached to an aromatic ring is 1. The second-order valence-electron chi connectivity index (χ2n) is 4.31. The molecule has 108 valence electrons.